The van der Waals surface area contributed by atoms with Crippen molar-refractivity contribution in [1.82, 2.24) is 10.3 Å². The number of hydrogen-bond acceptors (Lipinski definition) is 5. The molecule has 2 N–H and O–H groups in total. The highest BCUT2D eigenvalue weighted by atomic mass is 32.1. The van der Waals surface area contributed by atoms with Gasteiger partial charge in [0.1, 0.15) is 11.8 Å². The van der Waals surface area contributed by atoms with Crippen LogP contribution in [-0.2, 0) is 11.3 Å². The zero-order chi connectivity index (χ0) is 11.9. The van der Waals surface area contributed by atoms with Crippen LogP contribution in [0.15, 0.2) is 11.6 Å². The van der Waals surface area contributed by atoms with E-state index in [1.54, 1.807) is 11.3 Å². The molecule has 0 atom stereocenters. The topological polar surface area (TPSA) is 54.4 Å². The number of hydrogen-bond donors (Lipinski definition) is 2. The van der Waals surface area contributed by atoms with Crippen molar-refractivity contribution < 1.29 is 9.84 Å². The van der Waals surface area contributed by atoms with E-state index in [4.69, 9.17) is 5.11 Å². The third kappa shape index (κ3) is 13.5. The summed E-state index contributed by atoms with van der Waals surface area (Å²) in [7, 11) is 1.92. The van der Waals surface area contributed by atoms with Crippen LogP contribution in [0, 0.1) is 0 Å². The van der Waals surface area contributed by atoms with Crippen molar-refractivity contribution in [2.45, 2.75) is 27.3 Å². The third-order valence-corrected chi connectivity index (χ3v) is 1.89. The minimum atomic E-state index is -0.156. The van der Waals surface area contributed by atoms with Gasteiger partial charge in [0.15, 0.2) is 0 Å². The minimum absolute atomic E-state index is 0.156. The summed E-state index contributed by atoms with van der Waals surface area (Å²) in [6.07, 6.45) is 1.82. The summed E-state index contributed by atoms with van der Waals surface area (Å²) in [5.41, 5.74) is 0. The zero-order valence-corrected chi connectivity index (χ0v) is 10.8. The number of aliphatic hydroxyl groups is 1. The van der Waals surface area contributed by atoms with E-state index in [0.29, 0.717) is 6.61 Å². The lowest BCUT2D eigenvalue weighted by atomic mass is 10.7. The van der Waals surface area contributed by atoms with Crippen molar-refractivity contribution in [3.05, 3.63) is 16.6 Å². The number of rotatable bonds is 4. The molecule has 0 unspecified atom stereocenters. The van der Waals surface area contributed by atoms with Crippen molar-refractivity contribution in [3.8, 4) is 0 Å². The smallest absolute Gasteiger partial charge is 0.143 e. The molecular weight excluding hydrogens is 212 g/mol. The molecule has 4 nitrogen and oxygen atoms in total. The fourth-order valence-electron chi connectivity index (χ4n) is 0.583. The molecule has 0 aliphatic heterocycles. The van der Waals surface area contributed by atoms with Gasteiger partial charge in [-0.25, -0.2) is 4.98 Å². The molecule has 1 aromatic heterocycles. The maximum absolute atomic E-state index is 7.84. The van der Waals surface area contributed by atoms with Gasteiger partial charge in [-0.15, -0.1) is 11.3 Å². The molecule has 0 saturated heterocycles. The predicted molar refractivity (Wildman–Crippen MR) is 64.9 cm³/mol. The molecule has 1 aromatic rings. The zero-order valence-electron chi connectivity index (χ0n) is 9.99. The Balaban J connectivity index is 0. The number of nitrogens with one attached hydrogen (secondary N) is 1. The van der Waals surface area contributed by atoms with E-state index in [2.05, 4.69) is 15.0 Å². The molecule has 0 bridgehead atoms. The van der Waals surface area contributed by atoms with Gasteiger partial charge in [-0.05, 0) is 14.0 Å². The highest BCUT2D eigenvalue weighted by Gasteiger charge is 1.88. The molecule has 15 heavy (non-hydrogen) atoms. The molecule has 1 rings (SSSR count). The second-order valence-electron chi connectivity index (χ2n) is 2.08. The second-order valence-corrected chi connectivity index (χ2v) is 3.06. The van der Waals surface area contributed by atoms with Gasteiger partial charge in [-0.2, -0.15) is 0 Å². The van der Waals surface area contributed by atoms with Crippen molar-refractivity contribution in [3.63, 3.8) is 0 Å². The summed E-state index contributed by atoms with van der Waals surface area (Å²) >= 11 is 1.67. The van der Waals surface area contributed by atoms with Crippen molar-refractivity contribution in [2.75, 3.05) is 20.4 Å². The molecule has 1 heterocycles. The first-order chi connectivity index (χ1) is 7.35. The monoisotopic (exact) mass is 234 g/mol. The van der Waals surface area contributed by atoms with Crippen molar-refractivity contribution in [1.29, 1.82) is 0 Å². The van der Waals surface area contributed by atoms with Gasteiger partial charge in [0.25, 0.3) is 0 Å². The molecule has 0 aromatic carbocycles. The van der Waals surface area contributed by atoms with Crippen LogP contribution in [-0.4, -0.2) is 30.5 Å². The molecule has 0 aliphatic carbocycles. The van der Waals surface area contributed by atoms with Crippen molar-refractivity contribution in [2.24, 2.45) is 0 Å². The number of aliphatic hydroxyl groups excluding tert-OH is 1. The van der Waals surface area contributed by atoms with Gasteiger partial charge >= 0.3 is 0 Å². The SMILES string of the molecule is CC.CCOCO.CNCc1nccs1. The standard InChI is InChI=1S/C5H8N2S.C3H8O2.C2H6/c1-6-4-5-7-2-3-8-5;1-2-5-3-4;1-2/h2-3,6H,4H2,1H3;4H,2-3H2,1H3;1-2H3. The van der Waals surface area contributed by atoms with Crippen LogP contribution in [0.3, 0.4) is 0 Å². The molecule has 5 heteroatoms. The average molecular weight is 234 g/mol. The second kappa shape index (κ2) is 16.0. The highest BCUT2D eigenvalue weighted by molar-refractivity contribution is 7.09. The molecule has 90 valence electrons. The summed E-state index contributed by atoms with van der Waals surface area (Å²) in [4.78, 5) is 4.06. The summed E-state index contributed by atoms with van der Waals surface area (Å²) in [6.45, 7) is 7.15. The van der Waals surface area contributed by atoms with E-state index < -0.39 is 0 Å². The number of ether oxygens (including phenoxy) is 1. The van der Waals surface area contributed by atoms with Crippen LogP contribution in [0.5, 0.6) is 0 Å². The lowest BCUT2D eigenvalue weighted by Crippen LogP contribution is -2.03. The van der Waals surface area contributed by atoms with E-state index in [0.717, 1.165) is 11.6 Å². The molecule has 0 spiro atoms. The summed E-state index contributed by atoms with van der Waals surface area (Å²) in [5.74, 6) is 0. The average Bonchev–Trinajstić information content (AvgIpc) is 2.76. The first-order valence-electron chi connectivity index (χ1n) is 5.06. The molecule has 0 aliphatic rings. The van der Waals surface area contributed by atoms with Gasteiger partial charge in [0.2, 0.25) is 0 Å². The normalized spacial score (nSPS) is 8.33. The van der Waals surface area contributed by atoms with Gasteiger partial charge < -0.3 is 15.2 Å². The summed E-state index contributed by atoms with van der Waals surface area (Å²) < 4.78 is 4.39. The lowest BCUT2D eigenvalue weighted by molar-refractivity contribution is 0.00540. The Labute approximate surface area is 96.3 Å². The Bertz CT molecular complexity index is 180. The Morgan fingerprint density at radius 3 is 2.47 bits per heavy atom. The first-order valence-corrected chi connectivity index (χ1v) is 5.94. The van der Waals surface area contributed by atoms with Crippen LogP contribution in [0.2, 0.25) is 0 Å². The fourth-order valence-corrected chi connectivity index (χ4v) is 1.21. The Morgan fingerprint density at radius 1 is 1.53 bits per heavy atom. The van der Waals surface area contributed by atoms with Gasteiger partial charge in [-0.3, -0.25) is 0 Å². The van der Waals surface area contributed by atoms with Crippen LogP contribution in [0.25, 0.3) is 0 Å². The first kappa shape index (κ1) is 16.9. The molecule has 0 fully saturated rings. The third-order valence-electron chi connectivity index (χ3n) is 1.11. The van der Waals surface area contributed by atoms with Gasteiger partial charge in [-0.1, -0.05) is 13.8 Å². The van der Waals surface area contributed by atoms with Crippen LogP contribution >= 0.6 is 11.3 Å². The maximum atomic E-state index is 7.84. The number of nitrogens with zero attached hydrogens (tertiary/aromatic N) is 1. The van der Waals surface area contributed by atoms with Crippen LogP contribution in [0.4, 0.5) is 0 Å². The largest absolute Gasteiger partial charge is 0.371 e. The maximum Gasteiger partial charge on any atom is 0.143 e. The molecular formula is C10H22N2O2S. The van der Waals surface area contributed by atoms with E-state index in [1.807, 2.05) is 39.4 Å². The Kier molecular flexibility index (Phi) is 18.0. The van der Waals surface area contributed by atoms with Crippen molar-refractivity contribution >= 4 is 11.3 Å². The van der Waals surface area contributed by atoms with Crippen LogP contribution < -0.4 is 5.32 Å². The van der Waals surface area contributed by atoms with E-state index in [1.165, 1.54) is 0 Å². The highest BCUT2D eigenvalue weighted by Crippen LogP contribution is 2.01. The number of aromatic nitrogens is 1. The Hall–Kier alpha value is -0.490. The minimum Gasteiger partial charge on any atom is -0.371 e. The number of thiazole rings is 1. The predicted octanol–water partition coefficient (Wildman–Crippen LogP) is 1.86. The lowest BCUT2D eigenvalue weighted by Gasteiger charge is -1.87. The summed E-state index contributed by atoms with van der Waals surface area (Å²) in [5, 5.41) is 14.0. The van der Waals surface area contributed by atoms with E-state index >= 15 is 0 Å². The Morgan fingerprint density at radius 2 is 2.20 bits per heavy atom. The molecule has 0 amide bonds. The van der Waals surface area contributed by atoms with E-state index in [9.17, 15) is 0 Å². The molecule has 0 saturated carbocycles. The van der Waals surface area contributed by atoms with Gasteiger partial charge in [0, 0.05) is 24.7 Å². The summed E-state index contributed by atoms with van der Waals surface area (Å²) in [6, 6.07) is 0. The fraction of sp³-hybridized carbons (Fsp3) is 0.700. The van der Waals surface area contributed by atoms with E-state index in [-0.39, 0.29) is 6.79 Å². The van der Waals surface area contributed by atoms with Crippen LogP contribution in [0.1, 0.15) is 25.8 Å². The van der Waals surface area contributed by atoms with Gasteiger partial charge in [0.05, 0.1) is 0 Å². The molecule has 0 radical (unpaired) electrons. The quantitative estimate of drug-likeness (QED) is 0.781.